The van der Waals surface area contributed by atoms with Gasteiger partial charge in [0.25, 0.3) is 5.91 Å². The molecule has 1 atom stereocenters. The third-order valence-corrected chi connectivity index (χ3v) is 4.78. The van der Waals surface area contributed by atoms with Crippen molar-refractivity contribution in [1.29, 1.82) is 0 Å². The molecule has 1 unspecified atom stereocenters. The predicted octanol–water partition coefficient (Wildman–Crippen LogP) is 3.51. The van der Waals surface area contributed by atoms with Gasteiger partial charge in [0, 0.05) is 42.2 Å². The summed E-state index contributed by atoms with van der Waals surface area (Å²) in [6.45, 7) is 5.34. The molecule has 1 aromatic heterocycles. The Morgan fingerprint density at radius 3 is 2.50 bits per heavy atom. The topological polar surface area (TPSA) is 70.2 Å². The molecule has 3 N–H and O–H groups in total. The molecule has 1 aromatic carbocycles. The number of rotatable bonds is 10. The van der Waals surface area contributed by atoms with Gasteiger partial charge >= 0.3 is 0 Å². The van der Waals surface area contributed by atoms with Crippen LogP contribution in [0.5, 0.6) is 0 Å². The van der Waals surface area contributed by atoms with Crippen LogP contribution in [0.15, 0.2) is 47.2 Å². The number of hydrogen-bond donors (Lipinski definition) is 3. The number of carbonyl (C=O) groups excluding carboxylic acids is 2. The first-order chi connectivity index (χ1) is 12.6. The van der Waals surface area contributed by atoms with E-state index < -0.39 is 0 Å². The number of nitrogens with one attached hydrogen (secondary N) is 3. The molecule has 140 valence electrons. The lowest BCUT2D eigenvalue weighted by Crippen LogP contribution is -2.39. The molecule has 0 saturated heterocycles. The fourth-order valence-electron chi connectivity index (χ4n) is 2.46. The summed E-state index contributed by atoms with van der Waals surface area (Å²) in [4.78, 5) is 23.8. The zero-order valence-corrected chi connectivity index (χ0v) is 16.1. The largest absolute Gasteiger partial charge is 0.380 e. The van der Waals surface area contributed by atoms with E-state index in [-0.39, 0.29) is 17.9 Å². The minimum atomic E-state index is -0.0846. The molecule has 0 aliphatic carbocycles. The van der Waals surface area contributed by atoms with Gasteiger partial charge in [-0.2, -0.15) is 11.3 Å². The number of hydrogen-bond acceptors (Lipinski definition) is 4. The van der Waals surface area contributed by atoms with Crippen LogP contribution in [0.2, 0.25) is 0 Å². The van der Waals surface area contributed by atoms with Crippen molar-refractivity contribution in [2.45, 2.75) is 32.7 Å². The lowest BCUT2D eigenvalue weighted by Gasteiger charge is -2.24. The van der Waals surface area contributed by atoms with E-state index in [4.69, 9.17) is 0 Å². The summed E-state index contributed by atoms with van der Waals surface area (Å²) in [5.74, 6) is 0.314. The molecule has 0 bridgehead atoms. The molecule has 6 heteroatoms. The van der Waals surface area contributed by atoms with Crippen LogP contribution in [0, 0.1) is 5.92 Å². The first-order valence-electron chi connectivity index (χ1n) is 8.95. The second kappa shape index (κ2) is 10.6. The summed E-state index contributed by atoms with van der Waals surface area (Å²) in [7, 11) is 0. The van der Waals surface area contributed by atoms with E-state index in [2.05, 4.69) is 29.8 Å². The Balaban J connectivity index is 1.65. The second-order valence-electron chi connectivity index (χ2n) is 6.54. The van der Waals surface area contributed by atoms with Gasteiger partial charge < -0.3 is 16.0 Å². The Morgan fingerprint density at radius 2 is 1.85 bits per heavy atom. The van der Waals surface area contributed by atoms with Crippen LogP contribution in [0.1, 0.15) is 37.0 Å². The lowest BCUT2D eigenvalue weighted by molar-refractivity contribution is -0.121. The van der Waals surface area contributed by atoms with Crippen molar-refractivity contribution in [3.8, 4) is 0 Å². The van der Waals surface area contributed by atoms with Crippen LogP contribution in [0.25, 0.3) is 0 Å². The molecule has 2 amide bonds. The van der Waals surface area contributed by atoms with Crippen LogP contribution < -0.4 is 16.0 Å². The molecular weight excluding hydrogens is 346 g/mol. The van der Waals surface area contributed by atoms with Crippen LogP contribution in [0.4, 0.5) is 5.69 Å². The molecule has 0 aliphatic heterocycles. The van der Waals surface area contributed by atoms with Gasteiger partial charge in [0.05, 0.1) is 0 Å². The summed E-state index contributed by atoms with van der Waals surface area (Å²) >= 11 is 1.49. The van der Waals surface area contributed by atoms with Crippen LogP contribution in [-0.2, 0) is 4.79 Å². The molecule has 0 saturated carbocycles. The number of carbonyl (C=O) groups is 2. The van der Waals surface area contributed by atoms with Crippen LogP contribution in [0.3, 0.4) is 0 Å². The van der Waals surface area contributed by atoms with Crippen molar-refractivity contribution < 1.29 is 9.59 Å². The summed E-state index contributed by atoms with van der Waals surface area (Å²) in [6, 6.07) is 12.0. The molecule has 0 aliphatic rings. The van der Waals surface area contributed by atoms with E-state index in [9.17, 15) is 9.59 Å². The zero-order valence-electron chi connectivity index (χ0n) is 15.3. The highest BCUT2D eigenvalue weighted by molar-refractivity contribution is 7.08. The van der Waals surface area contributed by atoms with Crippen molar-refractivity contribution in [2.24, 2.45) is 5.92 Å². The SMILES string of the molecule is CC(C)C(CNC(=O)CCCNC(=O)c1ccsc1)Nc1ccccc1. The van der Waals surface area contributed by atoms with Crippen molar-refractivity contribution in [3.63, 3.8) is 0 Å². The molecule has 26 heavy (non-hydrogen) atoms. The number of amides is 2. The molecule has 0 spiro atoms. The number of anilines is 1. The number of para-hydroxylation sites is 1. The van der Waals surface area contributed by atoms with Crippen molar-refractivity contribution in [1.82, 2.24) is 10.6 Å². The van der Waals surface area contributed by atoms with E-state index in [1.807, 2.05) is 41.1 Å². The van der Waals surface area contributed by atoms with E-state index in [0.29, 0.717) is 37.4 Å². The van der Waals surface area contributed by atoms with Crippen molar-refractivity contribution in [2.75, 3.05) is 18.4 Å². The van der Waals surface area contributed by atoms with Crippen LogP contribution >= 0.6 is 11.3 Å². The van der Waals surface area contributed by atoms with Gasteiger partial charge in [-0.05, 0) is 35.9 Å². The Hall–Kier alpha value is -2.34. The molecule has 0 radical (unpaired) electrons. The van der Waals surface area contributed by atoms with Gasteiger partial charge in [0.15, 0.2) is 0 Å². The minimum Gasteiger partial charge on any atom is -0.380 e. The maximum absolute atomic E-state index is 12.0. The fraction of sp³-hybridized carbons (Fsp3) is 0.400. The van der Waals surface area contributed by atoms with Crippen molar-refractivity contribution in [3.05, 3.63) is 52.7 Å². The third kappa shape index (κ3) is 6.88. The average molecular weight is 374 g/mol. The van der Waals surface area contributed by atoms with E-state index in [0.717, 1.165) is 5.69 Å². The molecule has 2 aromatic rings. The second-order valence-corrected chi connectivity index (χ2v) is 7.32. The smallest absolute Gasteiger partial charge is 0.252 e. The maximum Gasteiger partial charge on any atom is 0.252 e. The highest BCUT2D eigenvalue weighted by Gasteiger charge is 2.14. The summed E-state index contributed by atoms with van der Waals surface area (Å²) in [5.41, 5.74) is 1.72. The van der Waals surface area contributed by atoms with Gasteiger partial charge in [0.1, 0.15) is 0 Å². The van der Waals surface area contributed by atoms with E-state index in [1.165, 1.54) is 11.3 Å². The summed E-state index contributed by atoms with van der Waals surface area (Å²) in [5, 5.41) is 13.0. The van der Waals surface area contributed by atoms with Gasteiger partial charge in [-0.1, -0.05) is 32.0 Å². The van der Waals surface area contributed by atoms with Gasteiger partial charge in [-0.25, -0.2) is 0 Å². The van der Waals surface area contributed by atoms with Crippen molar-refractivity contribution >= 4 is 28.8 Å². The minimum absolute atomic E-state index is 0.00953. The van der Waals surface area contributed by atoms with E-state index in [1.54, 1.807) is 6.07 Å². The molecule has 5 nitrogen and oxygen atoms in total. The quantitative estimate of drug-likeness (QED) is 0.558. The highest BCUT2D eigenvalue weighted by Crippen LogP contribution is 2.12. The van der Waals surface area contributed by atoms with Crippen LogP contribution in [-0.4, -0.2) is 30.9 Å². The molecule has 2 rings (SSSR count). The molecule has 1 heterocycles. The van der Waals surface area contributed by atoms with Gasteiger partial charge in [-0.15, -0.1) is 0 Å². The van der Waals surface area contributed by atoms with Gasteiger partial charge in [0.2, 0.25) is 5.91 Å². The Bertz CT molecular complexity index is 672. The fourth-order valence-corrected chi connectivity index (χ4v) is 3.10. The lowest BCUT2D eigenvalue weighted by atomic mass is 10.0. The Labute approximate surface area is 159 Å². The first kappa shape index (κ1) is 20.0. The number of benzene rings is 1. The first-order valence-corrected chi connectivity index (χ1v) is 9.89. The van der Waals surface area contributed by atoms with Gasteiger partial charge in [-0.3, -0.25) is 9.59 Å². The highest BCUT2D eigenvalue weighted by atomic mass is 32.1. The predicted molar refractivity (Wildman–Crippen MR) is 108 cm³/mol. The monoisotopic (exact) mass is 373 g/mol. The standard InChI is InChI=1S/C20H27N3O2S/c1-15(2)18(23-17-7-4-3-5-8-17)13-22-19(24)9-6-11-21-20(25)16-10-12-26-14-16/h3-5,7-8,10,12,14-15,18,23H,6,9,11,13H2,1-2H3,(H,21,25)(H,22,24). The molecule has 0 fully saturated rings. The molecular formula is C20H27N3O2S. The third-order valence-electron chi connectivity index (χ3n) is 4.10. The normalized spacial score (nSPS) is 11.8. The Kier molecular flexibility index (Phi) is 8.15. The Morgan fingerprint density at radius 1 is 1.08 bits per heavy atom. The maximum atomic E-state index is 12.0. The number of thiophene rings is 1. The average Bonchev–Trinajstić information content (AvgIpc) is 3.17. The summed E-state index contributed by atoms with van der Waals surface area (Å²) < 4.78 is 0. The van der Waals surface area contributed by atoms with E-state index >= 15 is 0 Å². The summed E-state index contributed by atoms with van der Waals surface area (Å²) in [6.07, 6.45) is 1.03. The zero-order chi connectivity index (χ0) is 18.8.